The molecule has 160 valence electrons. The highest BCUT2D eigenvalue weighted by Crippen LogP contribution is 2.68. The topological polar surface area (TPSA) is 98.0 Å². The SMILES string of the molecule is C[C@H](CC(=O)O)[C@H]1CC[C@H]2[C@@H]3[C@H](O)C[C@H]4C[C@H](O)CC[C@]4(C)[C@H]3C[C@H](O)[C@]12C. The molecule has 5 nitrogen and oxygen atoms in total. The molecule has 28 heavy (non-hydrogen) atoms. The lowest BCUT2D eigenvalue weighted by atomic mass is 9.43. The van der Waals surface area contributed by atoms with Crippen LogP contribution < -0.4 is 0 Å². The third-order valence-electron chi connectivity index (χ3n) is 10.0. The molecule has 0 bridgehead atoms. The summed E-state index contributed by atoms with van der Waals surface area (Å²) in [7, 11) is 0. The third kappa shape index (κ3) is 2.87. The molecule has 0 aromatic rings. The zero-order valence-electron chi connectivity index (χ0n) is 17.6. The highest BCUT2D eigenvalue weighted by Gasteiger charge is 2.65. The Bertz CT molecular complexity index is 622. The van der Waals surface area contributed by atoms with E-state index >= 15 is 0 Å². The fraction of sp³-hybridized carbons (Fsp3) is 0.957. The fourth-order valence-corrected chi connectivity index (χ4v) is 8.55. The van der Waals surface area contributed by atoms with Crippen molar-refractivity contribution in [3.8, 4) is 0 Å². The molecule has 4 N–H and O–H groups in total. The van der Waals surface area contributed by atoms with Gasteiger partial charge in [0.15, 0.2) is 0 Å². The van der Waals surface area contributed by atoms with E-state index in [4.69, 9.17) is 0 Å². The van der Waals surface area contributed by atoms with Gasteiger partial charge in [0.05, 0.1) is 18.3 Å². The van der Waals surface area contributed by atoms with Gasteiger partial charge in [-0.15, -0.1) is 0 Å². The fourth-order valence-electron chi connectivity index (χ4n) is 8.55. The lowest BCUT2D eigenvalue weighted by molar-refractivity contribution is -0.207. The maximum absolute atomic E-state index is 11.4. The molecule has 0 saturated heterocycles. The molecule has 0 aliphatic heterocycles. The van der Waals surface area contributed by atoms with E-state index in [0.717, 1.165) is 38.5 Å². The van der Waals surface area contributed by atoms with Gasteiger partial charge in [-0.25, -0.2) is 0 Å². The molecule has 0 aromatic carbocycles. The van der Waals surface area contributed by atoms with E-state index in [9.17, 15) is 25.2 Å². The van der Waals surface area contributed by atoms with Crippen molar-refractivity contribution >= 4 is 5.97 Å². The summed E-state index contributed by atoms with van der Waals surface area (Å²) < 4.78 is 0. The number of hydrogen-bond donors (Lipinski definition) is 4. The molecule has 4 saturated carbocycles. The van der Waals surface area contributed by atoms with Crippen molar-refractivity contribution < 1.29 is 25.2 Å². The maximum Gasteiger partial charge on any atom is 0.303 e. The Morgan fingerprint density at radius 2 is 1.75 bits per heavy atom. The molecule has 4 rings (SSSR count). The van der Waals surface area contributed by atoms with Crippen LogP contribution in [0, 0.1) is 46.3 Å². The lowest BCUT2D eigenvalue weighted by Crippen LogP contribution is -2.62. The number of rotatable bonds is 3. The molecule has 0 amide bonds. The smallest absolute Gasteiger partial charge is 0.303 e. The Kier molecular flexibility index (Phi) is 5.12. The number of carbonyl (C=O) groups is 1. The predicted octanol–water partition coefficient (Wildman–Crippen LogP) is 3.06. The van der Waals surface area contributed by atoms with Crippen LogP contribution in [0.5, 0.6) is 0 Å². The largest absolute Gasteiger partial charge is 0.481 e. The van der Waals surface area contributed by atoms with Gasteiger partial charge in [-0.3, -0.25) is 4.79 Å². The van der Waals surface area contributed by atoms with Crippen LogP contribution in [0.15, 0.2) is 0 Å². The Morgan fingerprint density at radius 1 is 1.04 bits per heavy atom. The first kappa shape index (κ1) is 20.6. The second-order valence-corrected chi connectivity index (χ2v) is 11.1. The van der Waals surface area contributed by atoms with E-state index in [-0.39, 0.29) is 59.0 Å². The van der Waals surface area contributed by atoms with E-state index in [2.05, 4.69) is 13.8 Å². The molecule has 4 fully saturated rings. The zero-order chi connectivity index (χ0) is 20.4. The summed E-state index contributed by atoms with van der Waals surface area (Å²) in [5.74, 6) is 0.510. The van der Waals surface area contributed by atoms with E-state index in [1.807, 2.05) is 6.92 Å². The van der Waals surface area contributed by atoms with Gasteiger partial charge in [0.25, 0.3) is 0 Å². The predicted molar refractivity (Wildman–Crippen MR) is 105 cm³/mol. The van der Waals surface area contributed by atoms with Gasteiger partial charge < -0.3 is 20.4 Å². The molecule has 4 aliphatic rings. The molecule has 0 radical (unpaired) electrons. The summed E-state index contributed by atoms with van der Waals surface area (Å²) in [6.45, 7) is 6.52. The normalized spacial score (nSPS) is 54.4. The summed E-state index contributed by atoms with van der Waals surface area (Å²) in [5, 5.41) is 42.1. The highest BCUT2D eigenvalue weighted by molar-refractivity contribution is 5.67. The average molecular weight is 395 g/mol. The van der Waals surface area contributed by atoms with Crippen LogP contribution in [0.4, 0.5) is 0 Å². The van der Waals surface area contributed by atoms with Gasteiger partial charge in [-0.05, 0) is 91.3 Å². The van der Waals surface area contributed by atoms with Gasteiger partial charge in [0, 0.05) is 6.42 Å². The van der Waals surface area contributed by atoms with Crippen LogP contribution >= 0.6 is 0 Å². The van der Waals surface area contributed by atoms with Crippen molar-refractivity contribution in [2.45, 2.75) is 90.4 Å². The van der Waals surface area contributed by atoms with E-state index in [1.165, 1.54) is 0 Å². The number of fused-ring (bicyclic) bond motifs is 5. The molecule has 0 spiro atoms. The lowest BCUT2D eigenvalue weighted by Gasteiger charge is -2.63. The summed E-state index contributed by atoms with van der Waals surface area (Å²) in [6, 6.07) is 0. The number of hydrogen-bond acceptors (Lipinski definition) is 4. The highest BCUT2D eigenvalue weighted by atomic mass is 16.4. The van der Waals surface area contributed by atoms with Crippen LogP contribution in [0.25, 0.3) is 0 Å². The van der Waals surface area contributed by atoms with Gasteiger partial charge in [0.2, 0.25) is 0 Å². The Labute approximate surface area is 168 Å². The standard InChI is InChI=1S/C23H38O5/c1-12(8-20(27)28)15-4-5-16-21-17(11-19(26)23(15,16)3)22(2)7-6-14(24)9-13(22)10-18(21)25/h12-19,21,24-26H,4-11H2,1-3H3,(H,27,28)/t12-,13-,14-,15-,16+,17+,18-,19+,21+,22+,23-/m1/s1. The first-order valence-electron chi connectivity index (χ1n) is 11.3. The Hall–Kier alpha value is -0.650. The van der Waals surface area contributed by atoms with Crippen molar-refractivity contribution in [1.29, 1.82) is 0 Å². The molecular formula is C23H38O5. The molecule has 5 heteroatoms. The van der Waals surface area contributed by atoms with Crippen molar-refractivity contribution in [3.05, 3.63) is 0 Å². The summed E-state index contributed by atoms with van der Waals surface area (Å²) in [6.07, 6.45) is 5.02. The van der Waals surface area contributed by atoms with E-state index in [0.29, 0.717) is 12.3 Å². The number of aliphatic hydroxyl groups is 3. The molecule has 0 heterocycles. The summed E-state index contributed by atoms with van der Waals surface area (Å²) >= 11 is 0. The van der Waals surface area contributed by atoms with E-state index in [1.54, 1.807) is 0 Å². The van der Waals surface area contributed by atoms with Gasteiger partial charge in [0.1, 0.15) is 0 Å². The van der Waals surface area contributed by atoms with Crippen LogP contribution in [0.2, 0.25) is 0 Å². The summed E-state index contributed by atoms with van der Waals surface area (Å²) in [5.41, 5.74) is -0.232. The number of aliphatic hydroxyl groups excluding tert-OH is 3. The monoisotopic (exact) mass is 394 g/mol. The van der Waals surface area contributed by atoms with Crippen molar-refractivity contribution in [2.24, 2.45) is 46.3 Å². The molecular weight excluding hydrogens is 356 g/mol. The van der Waals surface area contributed by atoms with Crippen molar-refractivity contribution in [3.63, 3.8) is 0 Å². The Morgan fingerprint density at radius 3 is 2.43 bits per heavy atom. The van der Waals surface area contributed by atoms with Gasteiger partial charge in [-0.1, -0.05) is 20.8 Å². The van der Waals surface area contributed by atoms with Crippen LogP contribution in [-0.4, -0.2) is 44.7 Å². The van der Waals surface area contributed by atoms with Crippen molar-refractivity contribution in [1.82, 2.24) is 0 Å². The van der Waals surface area contributed by atoms with Crippen molar-refractivity contribution in [2.75, 3.05) is 0 Å². The molecule has 0 aromatic heterocycles. The molecule has 0 unspecified atom stereocenters. The number of carboxylic acid groups (broad SMARTS) is 1. The zero-order valence-corrected chi connectivity index (χ0v) is 17.6. The molecule has 4 aliphatic carbocycles. The number of aliphatic carboxylic acids is 1. The first-order valence-corrected chi connectivity index (χ1v) is 11.3. The quantitative estimate of drug-likeness (QED) is 0.590. The molecule has 11 atom stereocenters. The minimum Gasteiger partial charge on any atom is -0.481 e. The third-order valence-corrected chi connectivity index (χ3v) is 10.0. The Balaban J connectivity index is 1.65. The minimum absolute atomic E-state index is 0.0348. The van der Waals surface area contributed by atoms with Crippen LogP contribution in [0.1, 0.15) is 72.1 Å². The number of carboxylic acids is 1. The minimum atomic E-state index is -0.767. The maximum atomic E-state index is 11.4. The summed E-state index contributed by atoms with van der Waals surface area (Å²) in [4.78, 5) is 11.3. The average Bonchev–Trinajstić information content (AvgIpc) is 2.95. The van der Waals surface area contributed by atoms with Gasteiger partial charge >= 0.3 is 5.97 Å². The van der Waals surface area contributed by atoms with Gasteiger partial charge in [-0.2, -0.15) is 0 Å². The second-order valence-electron chi connectivity index (χ2n) is 11.1. The van der Waals surface area contributed by atoms with Crippen LogP contribution in [0.3, 0.4) is 0 Å². The van der Waals surface area contributed by atoms with E-state index < -0.39 is 12.1 Å². The van der Waals surface area contributed by atoms with Crippen LogP contribution in [-0.2, 0) is 4.79 Å². The first-order chi connectivity index (χ1) is 13.1. The second kappa shape index (κ2) is 6.95.